The summed E-state index contributed by atoms with van der Waals surface area (Å²) >= 11 is 1.84. The van der Waals surface area contributed by atoms with Gasteiger partial charge in [-0.3, -0.25) is 4.79 Å². The maximum Gasteiger partial charge on any atom is 0.248 e. The highest BCUT2D eigenvalue weighted by Crippen LogP contribution is 2.26. The third-order valence-electron chi connectivity index (χ3n) is 3.77. The normalized spacial score (nSPS) is 12.4. The number of hydrogen-bond acceptors (Lipinski definition) is 3. The molecule has 4 heteroatoms. The SMILES string of the molecule is Cc1cc(C(C)NCc2ccc(C(N)=O)cc2C)c(C)s1. The molecule has 0 bridgehead atoms. The number of thiophene rings is 1. The lowest BCUT2D eigenvalue weighted by Crippen LogP contribution is -2.19. The third kappa shape index (κ3) is 3.71. The number of hydrogen-bond donors (Lipinski definition) is 2. The van der Waals surface area contributed by atoms with Crippen LogP contribution in [0.4, 0.5) is 0 Å². The van der Waals surface area contributed by atoms with Crippen molar-refractivity contribution in [1.29, 1.82) is 0 Å². The van der Waals surface area contributed by atoms with Gasteiger partial charge in [0.1, 0.15) is 0 Å². The first kappa shape index (κ1) is 15.7. The number of carbonyl (C=O) groups is 1. The molecule has 3 N–H and O–H groups in total. The van der Waals surface area contributed by atoms with Gasteiger partial charge in [-0.1, -0.05) is 6.07 Å². The van der Waals surface area contributed by atoms with Crippen LogP contribution in [0.2, 0.25) is 0 Å². The summed E-state index contributed by atoms with van der Waals surface area (Å²) < 4.78 is 0. The summed E-state index contributed by atoms with van der Waals surface area (Å²) in [6.45, 7) is 9.27. The molecular formula is C17H22N2OS. The average Bonchev–Trinajstić information content (AvgIpc) is 2.75. The van der Waals surface area contributed by atoms with Crippen LogP contribution in [-0.2, 0) is 6.54 Å². The van der Waals surface area contributed by atoms with E-state index in [1.54, 1.807) is 6.07 Å². The van der Waals surface area contributed by atoms with E-state index in [-0.39, 0.29) is 5.91 Å². The van der Waals surface area contributed by atoms with Crippen molar-refractivity contribution < 1.29 is 4.79 Å². The van der Waals surface area contributed by atoms with Crippen LogP contribution in [0.3, 0.4) is 0 Å². The van der Waals surface area contributed by atoms with Gasteiger partial charge in [0.2, 0.25) is 5.91 Å². The van der Waals surface area contributed by atoms with Crippen molar-refractivity contribution in [1.82, 2.24) is 5.32 Å². The number of rotatable bonds is 5. The number of amides is 1. The fourth-order valence-electron chi connectivity index (χ4n) is 2.50. The van der Waals surface area contributed by atoms with Crippen LogP contribution in [0.15, 0.2) is 24.3 Å². The van der Waals surface area contributed by atoms with Crippen molar-refractivity contribution >= 4 is 17.2 Å². The number of nitrogens with one attached hydrogen (secondary N) is 1. The lowest BCUT2D eigenvalue weighted by molar-refractivity contribution is 0.1000. The molecule has 0 aliphatic carbocycles. The predicted octanol–water partition coefficient (Wildman–Crippen LogP) is 3.62. The number of nitrogens with two attached hydrogens (primary N) is 1. The zero-order valence-corrected chi connectivity index (χ0v) is 13.8. The van der Waals surface area contributed by atoms with Crippen molar-refractivity contribution in [3.63, 3.8) is 0 Å². The standard InChI is InChI=1S/C17H22N2OS/c1-10-7-14(17(18)20)5-6-15(10)9-19-12(3)16-8-11(2)21-13(16)4/h5-8,12,19H,9H2,1-4H3,(H2,18,20). The Morgan fingerprint density at radius 1 is 1.29 bits per heavy atom. The first-order valence-electron chi connectivity index (χ1n) is 7.08. The van der Waals surface area contributed by atoms with E-state index in [0.29, 0.717) is 11.6 Å². The van der Waals surface area contributed by atoms with Crippen molar-refractivity contribution in [2.24, 2.45) is 5.73 Å². The minimum atomic E-state index is -0.379. The number of benzene rings is 1. The van der Waals surface area contributed by atoms with E-state index in [9.17, 15) is 4.79 Å². The number of carbonyl (C=O) groups excluding carboxylic acids is 1. The van der Waals surface area contributed by atoms with Crippen LogP contribution in [0.1, 0.15) is 49.8 Å². The van der Waals surface area contributed by atoms with Gasteiger partial charge < -0.3 is 11.1 Å². The Morgan fingerprint density at radius 3 is 2.52 bits per heavy atom. The largest absolute Gasteiger partial charge is 0.366 e. The van der Waals surface area contributed by atoms with Crippen LogP contribution >= 0.6 is 11.3 Å². The molecule has 0 spiro atoms. The average molecular weight is 302 g/mol. The second-order valence-electron chi connectivity index (χ2n) is 5.48. The van der Waals surface area contributed by atoms with Gasteiger partial charge in [-0.05, 0) is 62.6 Å². The van der Waals surface area contributed by atoms with Crippen molar-refractivity contribution in [3.05, 3.63) is 56.3 Å². The van der Waals surface area contributed by atoms with E-state index in [4.69, 9.17) is 5.73 Å². The lowest BCUT2D eigenvalue weighted by atomic mass is 10.0. The Balaban J connectivity index is 2.06. The molecule has 1 unspecified atom stereocenters. The van der Waals surface area contributed by atoms with E-state index >= 15 is 0 Å². The van der Waals surface area contributed by atoms with E-state index in [1.807, 2.05) is 30.4 Å². The molecule has 1 amide bonds. The van der Waals surface area contributed by atoms with Gasteiger partial charge in [0.25, 0.3) is 0 Å². The molecule has 1 aromatic carbocycles. The summed E-state index contributed by atoms with van der Waals surface area (Å²) in [4.78, 5) is 13.9. The minimum Gasteiger partial charge on any atom is -0.366 e. The Hall–Kier alpha value is -1.65. The molecular weight excluding hydrogens is 280 g/mol. The van der Waals surface area contributed by atoms with Crippen LogP contribution in [0.5, 0.6) is 0 Å². The fourth-order valence-corrected chi connectivity index (χ4v) is 3.52. The molecule has 0 radical (unpaired) electrons. The van der Waals surface area contributed by atoms with Gasteiger partial charge in [-0.15, -0.1) is 11.3 Å². The summed E-state index contributed by atoms with van der Waals surface area (Å²) in [6, 6.07) is 8.17. The smallest absolute Gasteiger partial charge is 0.248 e. The van der Waals surface area contributed by atoms with Crippen LogP contribution in [0.25, 0.3) is 0 Å². The zero-order valence-electron chi connectivity index (χ0n) is 13.0. The summed E-state index contributed by atoms with van der Waals surface area (Å²) in [7, 11) is 0. The molecule has 0 fully saturated rings. The molecule has 0 saturated heterocycles. The Bertz CT molecular complexity index is 661. The van der Waals surface area contributed by atoms with Crippen LogP contribution in [0, 0.1) is 20.8 Å². The molecule has 2 aromatic rings. The first-order valence-corrected chi connectivity index (χ1v) is 7.89. The lowest BCUT2D eigenvalue weighted by Gasteiger charge is -2.15. The number of primary amides is 1. The van der Waals surface area contributed by atoms with Crippen LogP contribution < -0.4 is 11.1 Å². The summed E-state index contributed by atoms with van der Waals surface area (Å²) in [5, 5.41) is 3.55. The molecule has 0 aliphatic heterocycles. The van der Waals surface area contributed by atoms with E-state index in [0.717, 1.165) is 12.1 Å². The summed E-state index contributed by atoms with van der Waals surface area (Å²) in [5.74, 6) is -0.379. The summed E-state index contributed by atoms with van der Waals surface area (Å²) in [6.07, 6.45) is 0. The quantitative estimate of drug-likeness (QED) is 0.886. The second kappa shape index (κ2) is 6.41. The molecule has 0 aliphatic rings. The number of aryl methyl sites for hydroxylation is 3. The van der Waals surface area contributed by atoms with Crippen LogP contribution in [-0.4, -0.2) is 5.91 Å². The predicted molar refractivity (Wildman–Crippen MR) is 88.7 cm³/mol. The molecule has 112 valence electrons. The summed E-state index contributed by atoms with van der Waals surface area (Å²) in [5.41, 5.74) is 9.50. The van der Waals surface area contributed by atoms with E-state index in [2.05, 4.69) is 32.2 Å². The highest BCUT2D eigenvalue weighted by molar-refractivity contribution is 7.12. The highest BCUT2D eigenvalue weighted by atomic mass is 32.1. The topological polar surface area (TPSA) is 55.1 Å². The van der Waals surface area contributed by atoms with Gasteiger partial charge in [0.15, 0.2) is 0 Å². The molecule has 1 heterocycles. The van der Waals surface area contributed by atoms with Gasteiger partial charge in [-0.25, -0.2) is 0 Å². The first-order chi connectivity index (χ1) is 9.88. The Kier molecular flexibility index (Phi) is 4.80. The Labute approximate surface area is 130 Å². The van der Waals surface area contributed by atoms with Gasteiger partial charge >= 0.3 is 0 Å². The molecule has 3 nitrogen and oxygen atoms in total. The Morgan fingerprint density at radius 2 is 2.00 bits per heavy atom. The third-order valence-corrected chi connectivity index (χ3v) is 4.75. The minimum absolute atomic E-state index is 0.310. The van der Waals surface area contributed by atoms with E-state index < -0.39 is 0 Å². The molecule has 2 rings (SSSR count). The monoisotopic (exact) mass is 302 g/mol. The molecule has 1 atom stereocenters. The maximum atomic E-state index is 11.2. The fraction of sp³-hybridized carbons (Fsp3) is 0.353. The second-order valence-corrected chi connectivity index (χ2v) is 6.94. The van der Waals surface area contributed by atoms with Crippen molar-refractivity contribution in [2.45, 2.75) is 40.3 Å². The van der Waals surface area contributed by atoms with Gasteiger partial charge in [0, 0.05) is 27.9 Å². The highest BCUT2D eigenvalue weighted by Gasteiger charge is 2.11. The van der Waals surface area contributed by atoms with Gasteiger partial charge in [-0.2, -0.15) is 0 Å². The van der Waals surface area contributed by atoms with E-state index in [1.165, 1.54) is 20.9 Å². The zero-order chi connectivity index (χ0) is 15.6. The molecule has 1 aromatic heterocycles. The molecule has 21 heavy (non-hydrogen) atoms. The van der Waals surface area contributed by atoms with Crippen molar-refractivity contribution in [2.75, 3.05) is 0 Å². The van der Waals surface area contributed by atoms with Gasteiger partial charge in [0.05, 0.1) is 0 Å². The van der Waals surface area contributed by atoms with Crippen molar-refractivity contribution in [3.8, 4) is 0 Å². The molecule has 0 saturated carbocycles. The maximum absolute atomic E-state index is 11.2.